The van der Waals surface area contributed by atoms with E-state index in [0.29, 0.717) is 5.17 Å². The molecule has 2 aliphatic rings. The number of nitrogens with zero attached hydrogens (tertiary/aromatic N) is 1. The topological polar surface area (TPSA) is 126 Å². The molecular formula is C12H17N5O3S. The van der Waals surface area contributed by atoms with Gasteiger partial charge in [0, 0.05) is 12.1 Å². The van der Waals surface area contributed by atoms with Crippen molar-refractivity contribution in [3.05, 3.63) is 11.8 Å². The van der Waals surface area contributed by atoms with E-state index in [9.17, 15) is 14.4 Å². The standard InChI is InChI=1S/C12H17N5O3S/c13-11(20)14-9(18)6-8-10(19)15-12(21-8)17-16-7-4-2-1-3-5-7/h4,8,16H,1-3,5-6H2,(H,15,17,19)(H3,13,14,18,20). The van der Waals surface area contributed by atoms with Gasteiger partial charge >= 0.3 is 6.03 Å². The van der Waals surface area contributed by atoms with Crippen LogP contribution in [0.2, 0.25) is 0 Å². The van der Waals surface area contributed by atoms with Crippen LogP contribution in [0.15, 0.2) is 16.9 Å². The first kappa shape index (κ1) is 15.4. The Kier molecular flexibility index (Phi) is 5.20. The van der Waals surface area contributed by atoms with Crippen molar-refractivity contribution in [2.75, 3.05) is 0 Å². The molecule has 0 aromatic rings. The lowest BCUT2D eigenvalue weighted by atomic mass is 10.1. The van der Waals surface area contributed by atoms with Gasteiger partial charge in [-0.2, -0.15) is 5.10 Å². The van der Waals surface area contributed by atoms with Crippen LogP contribution >= 0.6 is 11.8 Å². The van der Waals surface area contributed by atoms with Crippen LogP contribution in [0.25, 0.3) is 0 Å². The average Bonchev–Trinajstić information content (AvgIpc) is 2.77. The Labute approximate surface area is 126 Å². The van der Waals surface area contributed by atoms with E-state index in [4.69, 9.17) is 5.73 Å². The Balaban J connectivity index is 1.85. The average molecular weight is 311 g/mol. The number of imide groups is 1. The van der Waals surface area contributed by atoms with Crippen molar-refractivity contribution in [1.82, 2.24) is 16.1 Å². The van der Waals surface area contributed by atoms with Gasteiger partial charge in [0.2, 0.25) is 11.8 Å². The number of hydrogen-bond donors (Lipinski definition) is 4. The third-order valence-corrected chi connectivity index (χ3v) is 4.08. The summed E-state index contributed by atoms with van der Waals surface area (Å²) in [7, 11) is 0. The monoisotopic (exact) mass is 311 g/mol. The van der Waals surface area contributed by atoms with Crippen LogP contribution in [-0.2, 0) is 9.59 Å². The quantitative estimate of drug-likeness (QED) is 0.549. The second kappa shape index (κ2) is 7.11. The van der Waals surface area contributed by atoms with E-state index in [-0.39, 0.29) is 12.3 Å². The molecule has 1 aliphatic heterocycles. The number of hydrazone groups is 1. The van der Waals surface area contributed by atoms with E-state index >= 15 is 0 Å². The van der Waals surface area contributed by atoms with Gasteiger partial charge in [-0.15, -0.1) is 0 Å². The highest BCUT2D eigenvalue weighted by atomic mass is 32.2. The maximum absolute atomic E-state index is 11.7. The number of carbonyl (C=O) groups is 3. The molecule has 1 heterocycles. The van der Waals surface area contributed by atoms with Crippen LogP contribution in [0.4, 0.5) is 4.79 Å². The van der Waals surface area contributed by atoms with E-state index in [1.54, 1.807) is 0 Å². The minimum Gasteiger partial charge on any atom is -0.351 e. The van der Waals surface area contributed by atoms with Crippen molar-refractivity contribution in [2.45, 2.75) is 37.4 Å². The molecule has 1 aliphatic carbocycles. The molecule has 9 heteroatoms. The number of allylic oxidation sites excluding steroid dienone is 2. The number of nitrogens with two attached hydrogens (primary N) is 1. The summed E-state index contributed by atoms with van der Waals surface area (Å²) in [6.45, 7) is 0. The van der Waals surface area contributed by atoms with Gasteiger partial charge < -0.3 is 11.1 Å². The molecule has 114 valence electrons. The van der Waals surface area contributed by atoms with Gasteiger partial charge in [-0.25, -0.2) is 4.79 Å². The van der Waals surface area contributed by atoms with Crippen molar-refractivity contribution in [1.29, 1.82) is 0 Å². The smallest absolute Gasteiger partial charge is 0.318 e. The second-order valence-electron chi connectivity index (χ2n) is 4.72. The van der Waals surface area contributed by atoms with E-state index in [2.05, 4.69) is 21.9 Å². The fourth-order valence-electron chi connectivity index (χ4n) is 2.01. The number of carbonyl (C=O) groups excluding carboxylic acids is 3. The number of amidine groups is 1. The van der Waals surface area contributed by atoms with Gasteiger partial charge in [-0.1, -0.05) is 17.8 Å². The summed E-state index contributed by atoms with van der Waals surface area (Å²) in [6, 6.07) is -0.928. The summed E-state index contributed by atoms with van der Waals surface area (Å²) in [5, 5.41) is 8.46. The van der Waals surface area contributed by atoms with E-state index in [0.717, 1.165) is 36.7 Å². The molecule has 1 unspecified atom stereocenters. The van der Waals surface area contributed by atoms with Crippen molar-refractivity contribution < 1.29 is 14.4 Å². The largest absolute Gasteiger partial charge is 0.351 e. The van der Waals surface area contributed by atoms with E-state index < -0.39 is 17.2 Å². The summed E-state index contributed by atoms with van der Waals surface area (Å²) in [5.74, 6) is -0.892. The molecular weight excluding hydrogens is 294 g/mol. The highest BCUT2D eigenvalue weighted by Crippen LogP contribution is 2.22. The minimum atomic E-state index is -0.928. The molecule has 21 heavy (non-hydrogen) atoms. The highest BCUT2D eigenvalue weighted by molar-refractivity contribution is 8.15. The number of urea groups is 1. The Morgan fingerprint density at radius 3 is 2.95 bits per heavy atom. The molecule has 8 nitrogen and oxygen atoms in total. The van der Waals surface area contributed by atoms with Gasteiger partial charge in [0.05, 0.1) is 0 Å². The predicted molar refractivity (Wildman–Crippen MR) is 79.0 cm³/mol. The molecule has 0 aromatic carbocycles. The normalized spacial score (nSPS) is 23.4. The van der Waals surface area contributed by atoms with Crippen LogP contribution in [0.3, 0.4) is 0 Å². The molecule has 5 N–H and O–H groups in total. The molecule has 1 atom stereocenters. The zero-order valence-corrected chi connectivity index (χ0v) is 12.2. The van der Waals surface area contributed by atoms with Gasteiger partial charge in [0.25, 0.3) is 0 Å². The van der Waals surface area contributed by atoms with Gasteiger partial charge in [-0.3, -0.25) is 20.3 Å². The Morgan fingerprint density at radius 1 is 1.48 bits per heavy atom. The summed E-state index contributed by atoms with van der Waals surface area (Å²) in [6.07, 6.45) is 6.25. The maximum Gasteiger partial charge on any atom is 0.318 e. The predicted octanol–water partition coefficient (Wildman–Crippen LogP) is 0.121. The third kappa shape index (κ3) is 4.78. The van der Waals surface area contributed by atoms with Crippen LogP contribution in [0.1, 0.15) is 32.1 Å². The molecule has 0 bridgehead atoms. The van der Waals surface area contributed by atoms with Gasteiger partial charge in [0.15, 0.2) is 5.17 Å². The third-order valence-electron chi connectivity index (χ3n) is 3.00. The zero-order valence-electron chi connectivity index (χ0n) is 11.3. The first-order chi connectivity index (χ1) is 10.0. The first-order valence-corrected chi connectivity index (χ1v) is 7.52. The van der Waals surface area contributed by atoms with Gasteiger partial charge in [0.1, 0.15) is 5.25 Å². The number of amides is 4. The van der Waals surface area contributed by atoms with Crippen molar-refractivity contribution in [3.8, 4) is 0 Å². The summed E-state index contributed by atoms with van der Waals surface area (Å²) < 4.78 is 0. The fourth-order valence-corrected chi connectivity index (χ4v) is 2.94. The fraction of sp³-hybridized carbons (Fsp3) is 0.500. The first-order valence-electron chi connectivity index (χ1n) is 6.64. The number of nitrogens with one attached hydrogen (secondary N) is 3. The van der Waals surface area contributed by atoms with Crippen LogP contribution in [0.5, 0.6) is 0 Å². The Morgan fingerprint density at radius 2 is 2.29 bits per heavy atom. The molecule has 1 saturated heterocycles. The lowest BCUT2D eigenvalue weighted by Crippen LogP contribution is -2.37. The lowest BCUT2D eigenvalue weighted by Gasteiger charge is -2.11. The van der Waals surface area contributed by atoms with E-state index in [1.165, 1.54) is 6.42 Å². The SMILES string of the molecule is NC(=O)NC(=O)CC1SC(=NNC2=CCCCC2)NC1=O. The van der Waals surface area contributed by atoms with Gasteiger partial charge in [-0.05, 0) is 25.7 Å². The zero-order chi connectivity index (χ0) is 15.2. The highest BCUT2D eigenvalue weighted by Gasteiger charge is 2.32. The number of rotatable bonds is 4. The number of thioether (sulfide) groups is 1. The van der Waals surface area contributed by atoms with Crippen LogP contribution < -0.4 is 21.8 Å². The lowest BCUT2D eigenvalue weighted by molar-refractivity contribution is -0.124. The second-order valence-corrected chi connectivity index (χ2v) is 5.91. The molecule has 2 rings (SSSR count). The van der Waals surface area contributed by atoms with Crippen molar-refractivity contribution in [3.63, 3.8) is 0 Å². The molecule has 0 radical (unpaired) electrons. The molecule has 0 aromatic heterocycles. The molecule has 4 amide bonds. The maximum atomic E-state index is 11.7. The van der Waals surface area contributed by atoms with E-state index in [1.807, 2.05) is 5.32 Å². The Hall–Kier alpha value is -2.03. The minimum absolute atomic E-state index is 0.124. The van der Waals surface area contributed by atoms with Crippen LogP contribution in [-0.4, -0.2) is 28.3 Å². The summed E-state index contributed by atoms with van der Waals surface area (Å²) in [5.41, 5.74) is 8.81. The summed E-state index contributed by atoms with van der Waals surface area (Å²) in [4.78, 5) is 33.7. The number of hydrogen-bond acceptors (Lipinski definition) is 6. The van der Waals surface area contributed by atoms with Crippen molar-refractivity contribution in [2.24, 2.45) is 10.8 Å². The Bertz CT molecular complexity index is 517. The van der Waals surface area contributed by atoms with Crippen molar-refractivity contribution >= 4 is 34.8 Å². The summed E-state index contributed by atoms with van der Waals surface area (Å²) >= 11 is 1.15. The molecule has 0 spiro atoms. The number of primary amides is 1. The molecule has 0 saturated carbocycles. The molecule has 1 fully saturated rings. The van der Waals surface area contributed by atoms with Crippen LogP contribution in [0, 0.1) is 0 Å².